The Kier molecular flexibility index (Phi) is 5.26. The maximum absolute atomic E-state index is 12.2. The van der Waals surface area contributed by atoms with Gasteiger partial charge in [-0.1, -0.05) is 6.07 Å². The van der Waals surface area contributed by atoms with Gasteiger partial charge in [0.15, 0.2) is 5.78 Å². The van der Waals surface area contributed by atoms with Gasteiger partial charge in [0.05, 0.1) is 4.88 Å². The molecule has 5 heteroatoms. The van der Waals surface area contributed by atoms with Crippen LogP contribution in [0.4, 0.5) is 0 Å². The maximum atomic E-state index is 12.2. The Morgan fingerprint density at radius 3 is 2.59 bits per heavy atom. The third-order valence-electron chi connectivity index (χ3n) is 4.60. The van der Waals surface area contributed by atoms with Crippen molar-refractivity contribution in [3.63, 3.8) is 0 Å². The number of carbonyl (C=O) groups is 2. The van der Waals surface area contributed by atoms with Crippen LogP contribution in [0.3, 0.4) is 0 Å². The fraction of sp³-hybridized carbons (Fsp3) is 0.647. The maximum Gasteiger partial charge on any atom is 0.223 e. The molecule has 0 atom stereocenters. The van der Waals surface area contributed by atoms with Crippen LogP contribution in [-0.4, -0.2) is 42.3 Å². The molecule has 0 spiro atoms. The van der Waals surface area contributed by atoms with E-state index >= 15 is 0 Å². The fourth-order valence-electron chi connectivity index (χ4n) is 2.93. The number of nitrogens with zero attached hydrogens (tertiary/aromatic N) is 1. The van der Waals surface area contributed by atoms with Crippen LogP contribution in [0.5, 0.6) is 0 Å². The van der Waals surface area contributed by atoms with E-state index in [2.05, 4.69) is 5.32 Å². The Morgan fingerprint density at radius 2 is 1.95 bits per heavy atom. The molecule has 0 unspecified atom stereocenters. The van der Waals surface area contributed by atoms with Gasteiger partial charge in [0, 0.05) is 32.0 Å². The highest BCUT2D eigenvalue weighted by molar-refractivity contribution is 7.12. The van der Waals surface area contributed by atoms with Gasteiger partial charge in [-0.25, -0.2) is 0 Å². The summed E-state index contributed by atoms with van der Waals surface area (Å²) in [7, 11) is 0. The molecule has 120 valence electrons. The summed E-state index contributed by atoms with van der Waals surface area (Å²) in [5, 5.41) is 5.52. The van der Waals surface area contributed by atoms with Crippen molar-refractivity contribution in [1.82, 2.24) is 10.2 Å². The number of Topliss-reactive ketones (excluding diaryl/α,β-unsaturated/α-hetero) is 1. The SMILES string of the molecule is O=C(CCC(=O)N1CCC(NCC2CC2)CC1)c1cccs1. The van der Waals surface area contributed by atoms with E-state index in [0.29, 0.717) is 18.9 Å². The molecule has 3 rings (SSSR count). The topological polar surface area (TPSA) is 49.4 Å². The second-order valence-corrected chi connectivity index (χ2v) is 7.35. The summed E-state index contributed by atoms with van der Waals surface area (Å²) in [6.45, 7) is 2.80. The fourth-order valence-corrected chi connectivity index (χ4v) is 3.62. The van der Waals surface area contributed by atoms with Crippen LogP contribution in [0.15, 0.2) is 17.5 Å². The van der Waals surface area contributed by atoms with Gasteiger partial charge in [0.1, 0.15) is 0 Å². The predicted octanol–water partition coefficient (Wildman–Crippen LogP) is 2.70. The van der Waals surface area contributed by atoms with Crippen molar-refractivity contribution in [2.24, 2.45) is 5.92 Å². The van der Waals surface area contributed by atoms with Gasteiger partial charge in [-0.15, -0.1) is 11.3 Å². The van der Waals surface area contributed by atoms with Crippen molar-refractivity contribution in [3.05, 3.63) is 22.4 Å². The van der Waals surface area contributed by atoms with Crippen LogP contribution < -0.4 is 5.32 Å². The number of hydrogen-bond donors (Lipinski definition) is 1. The van der Waals surface area contributed by atoms with Crippen LogP contribution in [0.1, 0.15) is 48.2 Å². The van der Waals surface area contributed by atoms with Crippen LogP contribution in [0.2, 0.25) is 0 Å². The third kappa shape index (κ3) is 4.40. The van der Waals surface area contributed by atoms with Crippen LogP contribution in [0.25, 0.3) is 0 Å². The van der Waals surface area contributed by atoms with Gasteiger partial charge in [-0.2, -0.15) is 0 Å². The number of ketones is 1. The molecule has 0 bridgehead atoms. The molecule has 1 N–H and O–H groups in total. The normalized spacial score (nSPS) is 19.4. The van der Waals surface area contributed by atoms with Crippen molar-refractivity contribution in [3.8, 4) is 0 Å². The molecule has 1 saturated carbocycles. The van der Waals surface area contributed by atoms with Gasteiger partial charge >= 0.3 is 0 Å². The first-order valence-electron chi connectivity index (χ1n) is 8.30. The molecule has 1 amide bonds. The zero-order valence-electron chi connectivity index (χ0n) is 12.9. The molecule has 4 nitrogen and oxygen atoms in total. The molecule has 2 heterocycles. The third-order valence-corrected chi connectivity index (χ3v) is 5.51. The van der Waals surface area contributed by atoms with E-state index in [0.717, 1.165) is 43.3 Å². The Morgan fingerprint density at radius 1 is 1.18 bits per heavy atom. The Labute approximate surface area is 135 Å². The molecule has 0 radical (unpaired) electrons. The van der Waals surface area contributed by atoms with Crippen LogP contribution in [0, 0.1) is 5.92 Å². The number of piperidine rings is 1. The highest BCUT2D eigenvalue weighted by Crippen LogP contribution is 2.28. The van der Waals surface area contributed by atoms with Crippen molar-refractivity contribution < 1.29 is 9.59 Å². The summed E-state index contributed by atoms with van der Waals surface area (Å²) in [5.41, 5.74) is 0. The van der Waals surface area contributed by atoms with E-state index in [-0.39, 0.29) is 11.7 Å². The molecule has 2 aliphatic rings. The summed E-state index contributed by atoms with van der Waals surface area (Å²) >= 11 is 1.45. The Hall–Kier alpha value is -1.20. The average molecular weight is 320 g/mol. The Balaban J connectivity index is 1.35. The summed E-state index contributed by atoms with van der Waals surface area (Å²) in [5.74, 6) is 1.12. The monoisotopic (exact) mass is 320 g/mol. The van der Waals surface area contributed by atoms with E-state index in [1.54, 1.807) is 0 Å². The number of rotatable bonds is 7. The molecule has 0 aromatic carbocycles. The quantitative estimate of drug-likeness (QED) is 0.786. The minimum absolute atomic E-state index is 0.0873. The minimum Gasteiger partial charge on any atom is -0.343 e. The van der Waals surface area contributed by atoms with E-state index in [4.69, 9.17) is 0 Å². The first-order chi connectivity index (χ1) is 10.7. The predicted molar refractivity (Wildman–Crippen MR) is 88.2 cm³/mol. The summed E-state index contributed by atoms with van der Waals surface area (Å²) in [6, 6.07) is 4.27. The van der Waals surface area contributed by atoms with Crippen molar-refractivity contribution >= 4 is 23.0 Å². The average Bonchev–Trinajstić information content (AvgIpc) is 3.22. The van der Waals surface area contributed by atoms with Crippen molar-refractivity contribution in [1.29, 1.82) is 0 Å². The largest absolute Gasteiger partial charge is 0.343 e. The van der Waals surface area contributed by atoms with Gasteiger partial charge in [0.2, 0.25) is 5.91 Å². The number of thiophene rings is 1. The molecule has 1 saturated heterocycles. The van der Waals surface area contributed by atoms with Crippen LogP contribution >= 0.6 is 11.3 Å². The lowest BCUT2D eigenvalue weighted by Gasteiger charge is -2.32. The molecule has 1 aromatic rings. The van der Waals surface area contributed by atoms with Gasteiger partial charge in [0.25, 0.3) is 0 Å². The molecular weight excluding hydrogens is 296 g/mol. The zero-order chi connectivity index (χ0) is 15.4. The summed E-state index contributed by atoms with van der Waals surface area (Å²) in [6.07, 6.45) is 5.51. The second-order valence-electron chi connectivity index (χ2n) is 6.41. The lowest BCUT2D eigenvalue weighted by molar-refractivity contribution is -0.132. The van der Waals surface area contributed by atoms with Crippen molar-refractivity contribution in [2.45, 2.75) is 44.6 Å². The standard InChI is InChI=1S/C17H24N2O2S/c20-15(16-2-1-11-22-16)5-6-17(21)19-9-7-14(8-10-19)18-12-13-3-4-13/h1-2,11,13-14,18H,3-10,12H2. The summed E-state index contributed by atoms with van der Waals surface area (Å²) < 4.78 is 0. The molecule has 22 heavy (non-hydrogen) atoms. The highest BCUT2D eigenvalue weighted by Gasteiger charge is 2.26. The molecule has 1 aliphatic heterocycles. The lowest BCUT2D eigenvalue weighted by atomic mass is 10.0. The van der Waals surface area contributed by atoms with E-state index in [9.17, 15) is 9.59 Å². The zero-order valence-corrected chi connectivity index (χ0v) is 13.7. The van der Waals surface area contributed by atoms with Gasteiger partial charge < -0.3 is 10.2 Å². The van der Waals surface area contributed by atoms with E-state index in [1.165, 1.54) is 24.2 Å². The second kappa shape index (κ2) is 7.38. The molecule has 1 aliphatic carbocycles. The van der Waals surface area contributed by atoms with Crippen molar-refractivity contribution in [2.75, 3.05) is 19.6 Å². The van der Waals surface area contributed by atoms with Gasteiger partial charge in [-0.3, -0.25) is 9.59 Å². The van der Waals surface area contributed by atoms with E-state index < -0.39 is 0 Å². The minimum atomic E-state index is 0.0873. The molecule has 1 aromatic heterocycles. The van der Waals surface area contributed by atoms with E-state index in [1.807, 2.05) is 22.4 Å². The first-order valence-corrected chi connectivity index (χ1v) is 9.18. The molecular formula is C17H24N2O2S. The molecule has 2 fully saturated rings. The number of amides is 1. The smallest absolute Gasteiger partial charge is 0.223 e. The number of nitrogens with one attached hydrogen (secondary N) is 1. The lowest BCUT2D eigenvalue weighted by Crippen LogP contribution is -2.45. The van der Waals surface area contributed by atoms with Gasteiger partial charge in [-0.05, 0) is 49.6 Å². The summed E-state index contributed by atoms with van der Waals surface area (Å²) in [4.78, 5) is 26.8. The highest BCUT2D eigenvalue weighted by atomic mass is 32.1. The number of likely N-dealkylation sites (tertiary alicyclic amines) is 1. The first kappa shape index (κ1) is 15.7. The number of carbonyl (C=O) groups excluding carboxylic acids is 2. The van der Waals surface area contributed by atoms with Crippen LogP contribution in [-0.2, 0) is 4.79 Å². The Bertz CT molecular complexity index is 503. The number of hydrogen-bond acceptors (Lipinski definition) is 4.